The van der Waals surface area contributed by atoms with Crippen LogP contribution in [0.1, 0.15) is 0 Å². The second-order valence-corrected chi connectivity index (χ2v) is 20.5. The number of aromatic nitrogens is 16. The van der Waals surface area contributed by atoms with Gasteiger partial charge in [0.1, 0.15) is 79.7 Å². The summed E-state index contributed by atoms with van der Waals surface area (Å²) in [4.78, 5) is 77.5. The van der Waals surface area contributed by atoms with Gasteiger partial charge in [-0.15, -0.1) is 0 Å². The van der Waals surface area contributed by atoms with Crippen LogP contribution in [0, 0.1) is 0 Å². The van der Waals surface area contributed by atoms with E-state index in [9.17, 15) is 0 Å². The fourth-order valence-electron chi connectivity index (χ4n) is 12.2. The van der Waals surface area contributed by atoms with E-state index in [1.165, 1.54) is 0 Å². The summed E-state index contributed by atoms with van der Waals surface area (Å²) in [5, 5.41) is 5.57. The third-order valence-electron chi connectivity index (χ3n) is 16.0. The summed E-state index contributed by atoms with van der Waals surface area (Å²) >= 11 is 0. The number of nitrogens with zero attached hydrogens (tertiary/aromatic N) is 12. The van der Waals surface area contributed by atoms with Crippen LogP contribution in [0.5, 0.6) is 34.5 Å². The number of methoxy groups -OCH3 is 6. The molecule has 0 radical (unpaired) electrons. The first kappa shape index (κ1) is 48.7. The number of hydrogen-bond acceptors (Lipinski definition) is 18. The van der Waals surface area contributed by atoms with E-state index in [-0.39, 0.29) is 0 Å². The summed E-state index contributed by atoms with van der Waals surface area (Å²) in [7, 11) is 9.73. The molecule has 4 aliphatic rings. The smallest absolute Gasteiger partial charge is 0.168 e. The number of rotatable bonds is 6. The molecule has 17 rings (SSSR count). The van der Waals surface area contributed by atoms with Gasteiger partial charge in [0.2, 0.25) is 0 Å². The van der Waals surface area contributed by atoms with Crippen molar-refractivity contribution in [2.75, 3.05) is 42.7 Å². The molecule has 414 valence electrons. The number of aromatic amines is 4. The van der Waals surface area contributed by atoms with Crippen molar-refractivity contribution in [3.05, 3.63) is 121 Å². The normalized spacial score (nSPS) is 12.1. The minimum absolute atomic E-state index is 0.323. The first-order valence-corrected chi connectivity index (χ1v) is 27.2. The zero-order valence-electron chi connectivity index (χ0n) is 46.4. The topological polar surface area (TPSA) is 273 Å². The van der Waals surface area contributed by atoms with Gasteiger partial charge in [0.05, 0.1) is 75.3 Å². The number of hydrogen-bond donors (Lipinski definition) is 4. The molecule has 13 aromatic rings. The molecule has 7 aromatic carbocycles. The van der Waals surface area contributed by atoms with Crippen molar-refractivity contribution in [2.24, 2.45) is 0 Å². The highest BCUT2D eigenvalue weighted by atomic mass is 16.5. The summed E-state index contributed by atoms with van der Waals surface area (Å²) < 4.78 is 36.0. The molecular weight excluding hydrogens is 1090 g/mol. The fourth-order valence-corrected chi connectivity index (χ4v) is 12.2. The number of ether oxygens (including phenoxy) is 6. The average molecular weight is 1130 g/mol. The summed E-state index contributed by atoms with van der Waals surface area (Å²) in [6.45, 7) is 0. The Balaban J connectivity index is 1.01. The number of fused-ring (bicyclic) bond motifs is 40. The quantitative estimate of drug-likeness (QED) is 0.120. The van der Waals surface area contributed by atoms with Gasteiger partial charge in [0, 0.05) is 54.9 Å². The van der Waals surface area contributed by atoms with Gasteiger partial charge in [-0.05, 0) is 48.5 Å². The Morgan fingerprint density at radius 2 is 0.465 bits per heavy atom. The van der Waals surface area contributed by atoms with Crippen LogP contribution in [0.2, 0.25) is 0 Å². The number of benzene rings is 7. The summed E-state index contributed by atoms with van der Waals surface area (Å²) in [5.41, 5.74) is 8.86. The summed E-state index contributed by atoms with van der Waals surface area (Å²) in [6, 6.07) is 38.4. The Hall–Kier alpha value is -11.9. The predicted octanol–water partition coefficient (Wildman–Crippen LogP) is 12.1. The molecule has 22 nitrogen and oxygen atoms in total. The molecule has 0 aliphatic carbocycles. The molecule has 86 heavy (non-hydrogen) atoms. The van der Waals surface area contributed by atoms with Crippen molar-refractivity contribution in [3.63, 3.8) is 0 Å². The minimum Gasteiger partial charge on any atom is -0.496 e. The van der Waals surface area contributed by atoms with Crippen LogP contribution in [0.25, 0.3) is 179 Å². The Kier molecular flexibility index (Phi) is 10.4. The van der Waals surface area contributed by atoms with Gasteiger partial charge in [0.25, 0.3) is 0 Å². The maximum absolute atomic E-state index is 6.05. The van der Waals surface area contributed by atoms with E-state index < -0.39 is 0 Å². The molecule has 0 unspecified atom stereocenters. The van der Waals surface area contributed by atoms with Crippen LogP contribution in [0.15, 0.2) is 121 Å². The van der Waals surface area contributed by atoms with Crippen LogP contribution in [0.3, 0.4) is 0 Å². The third kappa shape index (κ3) is 7.00. The second-order valence-electron chi connectivity index (χ2n) is 20.5. The van der Waals surface area contributed by atoms with E-state index in [1.807, 2.05) is 121 Å². The van der Waals surface area contributed by atoms with Crippen LogP contribution in [-0.4, -0.2) is 122 Å². The van der Waals surface area contributed by atoms with E-state index in [0.29, 0.717) is 181 Å². The maximum atomic E-state index is 6.05. The Morgan fingerprint density at radius 3 is 0.756 bits per heavy atom. The molecule has 0 spiro atoms. The predicted molar refractivity (Wildman–Crippen MR) is 325 cm³/mol. The highest BCUT2D eigenvalue weighted by Gasteiger charge is 2.31. The van der Waals surface area contributed by atoms with E-state index in [0.717, 1.165) is 32.7 Å². The lowest BCUT2D eigenvalue weighted by molar-refractivity contribution is 0.416. The molecule has 6 aromatic heterocycles. The van der Waals surface area contributed by atoms with E-state index in [1.54, 1.807) is 42.7 Å². The lowest BCUT2D eigenvalue weighted by Gasteiger charge is -2.05. The van der Waals surface area contributed by atoms with Gasteiger partial charge in [0.15, 0.2) is 46.6 Å². The number of nitrogens with one attached hydrogen (secondary N) is 4. The van der Waals surface area contributed by atoms with Crippen molar-refractivity contribution >= 4 is 88.3 Å². The van der Waals surface area contributed by atoms with Gasteiger partial charge in [-0.1, -0.05) is 72.8 Å². The molecule has 22 heteroatoms. The van der Waals surface area contributed by atoms with Crippen molar-refractivity contribution < 1.29 is 28.4 Å². The van der Waals surface area contributed by atoms with Crippen LogP contribution in [0.4, 0.5) is 0 Å². The molecule has 4 N–H and O–H groups in total. The minimum atomic E-state index is 0.323. The van der Waals surface area contributed by atoms with Gasteiger partial charge in [-0.3, -0.25) is 0 Å². The summed E-state index contributed by atoms with van der Waals surface area (Å²) in [5.74, 6) is 6.26. The van der Waals surface area contributed by atoms with Gasteiger partial charge < -0.3 is 48.4 Å². The number of H-pyrrole nitrogens is 4. The Labute approximate surface area is 484 Å². The molecule has 16 bridgehead atoms. The van der Waals surface area contributed by atoms with Crippen molar-refractivity contribution in [2.45, 2.75) is 0 Å². The molecule has 10 heterocycles. The fraction of sp³-hybridized carbons (Fsp3) is 0.0938. The highest BCUT2D eigenvalue weighted by Crippen LogP contribution is 2.48. The van der Waals surface area contributed by atoms with Crippen molar-refractivity contribution in [1.82, 2.24) is 79.7 Å². The molecule has 4 aliphatic heterocycles. The highest BCUT2D eigenvalue weighted by molar-refractivity contribution is 6.12. The first-order valence-electron chi connectivity index (χ1n) is 27.2. The third-order valence-corrected chi connectivity index (χ3v) is 16.0. The van der Waals surface area contributed by atoms with Crippen LogP contribution >= 0.6 is 0 Å². The zero-order chi connectivity index (χ0) is 57.6. The second kappa shape index (κ2) is 18.3. The van der Waals surface area contributed by atoms with Gasteiger partial charge in [-0.25, -0.2) is 59.8 Å². The standard InChI is InChI=1S/C64H42N16O6/c1-81-37-19-7-13-27-43(37)59-69-49(27)65-55-33-25-36-34(26-35(33)57(67-55)79-63-47-31(17-11-23-41(47)85-5)53(77-63)75-61-45-29(51(71-59)73-61)15-9-21-39(45)83-3)56-66-50-28-14-8-20-38(82-2)44(28)60(70-50)72-52-30-16-10-22-40(84-4)46(30)62(74-52)76-54-32-18-12-24-42(86-6)48(32)64(78-54)80-58(36)68-56/h7-26H,1-6H3,(H2,65,67,69,71,73,75,77,79)(H2,66,68,70,72,74,76,78,80). The molecule has 0 saturated heterocycles. The Bertz CT molecular complexity index is 5220. The van der Waals surface area contributed by atoms with Crippen molar-refractivity contribution in [3.8, 4) is 126 Å². The van der Waals surface area contributed by atoms with Gasteiger partial charge >= 0.3 is 0 Å². The van der Waals surface area contributed by atoms with Gasteiger partial charge in [-0.2, -0.15) is 0 Å². The zero-order valence-corrected chi connectivity index (χ0v) is 46.4. The summed E-state index contributed by atoms with van der Waals surface area (Å²) in [6.07, 6.45) is 0. The maximum Gasteiger partial charge on any atom is 0.168 e. The van der Waals surface area contributed by atoms with Crippen molar-refractivity contribution in [1.29, 1.82) is 0 Å². The van der Waals surface area contributed by atoms with E-state index in [4.69, 9.17) is 88.2 Å². The van der Waals surface area contributed by atoms with E-state index in [2.05, 4.69) is 19.9 Å². The average Bonchev–Trinajstić information content (AvgIpc) is 1.78. The lowest BCUT2D eigenvalue weighted by atomic mass is 9.99. The van der Waals surface area contributed by atoms with E-state index >= 15 is 0 Å². The molecule has 0 fully saturated rings. The largest absolute Gasteiger partial charge is 0.496 e. The SMILES string of the molecule is COc1cccc2c1-c1nc-2nc2[nH]c(nc3nc(nc4[nH]c(n1)c1cccc(OC)c41)-c1cc4c(cc1-3)-c1nc-4nc3[nH]c(nc4nc(nc5[nH]c(n1)c1c(OC)cccc51)-c1c(OC)cccc1-4)c1c(OC)cccc31)c1cccc(OC)c21. The van der Waals surface area contributed by atoms with Crippen LogP contribution < -0.4 is 28.4 Å². The molecular formula is C64H42N16O6. The first-order chi connectivity index (χ1) is 42.3. The van der Waals surface area contributed by atoms with Crippen LogP contribution in [-0.2, 0) is 0 Å². The lowest BCUT2D eigenvalue weighted by Crippen LogP contribution is -1.89. The monoisotopic (exact) mass is 1130 g/mol. The molecule has 0 atom stereocenters. The molecule has 0 amide bonds. The molecule has 0 saturated carbocycles. The Morgan fingerprint density at radius 1 is 0.233 bits per heavy atom.